The molecule has 0 heterocycles. The highest BCUT2D eigenvalue weighted by Gasteiger charge is 2.25. The van der Waals surface area contributed by atoms with E-state index in [1.807, 2.05) is 42.5 Å². The van der Waals surface area contributed by atoms with Crippen LogP contribution in [-0.2, 0) is 6.42 Å². The van der Waals surface area contributed by atoms with Gasteiger partial charge in [-0.15, -0.1) is 0 Å². The Hall–Kier alpha value is -3.07. The second kappa shape index (κ2) is 5.29. The van der Waals surface area contributed by atoms with Crippen molar-refractivity contribution in [1.29, 1.82) is 0 Å². The first kappa shape index (κ1) is 13.6. The maximum Gasteiger partial charge on any atom is 0.195 e. The number of carbonyl (C=O) groups excluding carboxylic acids is 1. The zero-order chi connectivity index (χ0) is 15.8. The number of phenolic OH excluding ortho intramolecular Hbond substituents is 1. The van der Waals surface area contributed by atoms with E-state index in [1.165, 1.54) is 0 Å². The van der Waals surface area contributed by atoms with E-state index in [4.69, 9.17) is 0 Å². The summed E-state index contributed by atoms with van der Waals surface area (Å²) >= 11 is 0. The molecule has 0 fully saturated rings. The summed E-state index contributed by atoms with van der Waals surface area (Å²) in [4.78, 5) is 12.9. The molecule has 0 radical (unpaired) electrons. The summed E-state index contributed by atoms with van der Waals surface area (Å²) in [6.45, 7) is 0. The highest BCUT2D eigenvalue weighted by molar-refractivity contribution is 6.15. The molecule has 23 heavy (non-hydrogen) atoms. The third-order valence-corrected chi connectivity index (χ3v) is 4.17. The molecular weight excluding hydrogens is 286 g/mol. The monoisotopic (exact) mass is 301 g/mol. The molecule has 112 valence electrons. The van der Waals surface area contributed by atoms with Crippen LogP contribution < -0.4 is 5.32 Å². The highest BCUT2D eigenvalue weighted by atomic mass is 16.3. The van der Waals surface area contributed by atoms with E-state index in [9.17, 15) is 9.90 Å². The van der Waals surface area contributed by atoms with E-state index >= 15 is 0 Å². The van der Waals surface area contributed by atoms with Gasteiger partial charge in [0, 0.05) is 16.8 Å². The normalized spacial score (nSPS) is 12.4. The molecular formula is C20H15NO2. The number of carbonyl (C=O) groups is 1. The number of hydrogen-bond donors (Lipinski definition) is 2. The molecule has 1 aliphatic carbocycles. The third-order valence-electron chi connectivity index (χ3n) is 4.17. The van der Waals surface area contributed by atoms with Crippen molar-refractivity contribution < 1.29 is 9.90 Å². The van der Waals surface area contributed by atoms with Crippen molar-refractivity contribution in [3.8, 4) is 5.75 Å². The van der Waals surface area contributed by atoms with Crippen LogP contribution in [0.2, 0.25) is 0 Å². The molecule has 0 aliphatic heterocycles. The molecule has 3 nitrogen and oxygen atoms in total. The Balaban J connectivity index is 1.77. The van der Waals surface area contributed by atoms with Crippen LogP contribution in [0.5, 0.6) is 5.75 Å². The van der Waals surface area contributed by atoms with Gasteiger partial charge in [-0.1, -0.05) is 36.4 Å². The Morgan fingerprint density at radius 1 is 0.826 bits per heavy atom. The zero-order valence-corrected chi connectivity index (χ0v) is 12.4. The second-order valence-corrected chi connectivity index (χ2v) is 5.67. The molecule has 0 bridgehead atoms. The van der Waals surface area contributed by atoms with E-state index in [0.717, 1.165) is 40.0 Å². The first-order valence-electron chi connectivity index (χ1n) is 7.53. The fraction of sp³-hybridized carbons (Fsp3) is 0.0500. The van der Waals surface area contributed by atoms with Crippen molar-refractivity contribution in [3.63, 3.8) is 0 Å². The summed E-state index contributed by atoms with van der Waals surface area (Å²) in [6.07, 6.45) is 0.766. The van der Waals surface area contributed by atoms with E-state index in [2.05, 4.69) is 5.32 Å². The largest absolute Gasteiger partial charge is 0.508 e. The van der Waals surface area contributed by atoms with Gasteiger partial charge >= 0.3 is 0 Å². The van der Waals surface area contributed by atoms with Gasteiger partial charge in [0.1, 0.15) is 5.75 Å². The lowest BCUT2D eigenvalue weighted by Gasteiger charge is -2.21. The van der Waals surface area contributed by atoms with Crippen LogP contribution in [0.1, 0.15) is 27.0 Å². The van der Waals surface area contributed by atoms with E-state index < -0.39 is 0 Å². The molecule has 0 spiro atoms. The van der Waals surface area contributed by atoms with Gasteiger partial charge in [-0.25, -0.2) is 0 Å². The summed E-state index contributed by atoms with van der Waals surface area (Å²) in [7, 11) is 0. The maximum atomic E-state index is 12.9. The van der Waals surface area contributed by atoms with Crippen molar-refractivity contribution in [2.24, 2.45) is 0 Å². The lowest BCUT2D eigenvalue weighted by molar-refractivity contribution is 0.103. The molecule has 2 N–H and O–H groups in total. The fourth-order valence-corrected chi connectivity index (χ4v) is 3.06. The first-order chi connectivity index (χ1) is 11.2. The minimum atomic E-state index is 0.0590. The SMILES string of the molecule is O=C1c2ccccc2Cc2cccc(Nc3ccc(O)cc3)c21. The Morgan fingerprint density at radius 3 is 2.39 bits per heavy atom. The second-order valence-electron chi connectivity index (χ2n) is 5.67. The van der Waals surface area contributed by atoms with E-state index in [0.29, 0.717) is 0 Å². The minimum absolute atomic E-state index is 0.0590. The smallest absolute Gasteiger partial charge is 0.195 e. The number of nitrogens with one attached hydrogen (secondary N) is 1. The Kier molecular flexibility index (Phi) is 3.12. The number of rotatable bonds is 2. The van der Waals surface area contributed by atoms with Gasteiger partial charge in [-0.3, -0.25) is 4.79 Å². The van der Waals surface area contributed by atoms with Crippen LogP contribution in [0.15, 0.2) is 66.7 Å². The summed E-state index contributed by atoms with van der Waals surface area (Å²) in [5.41, 5.74) is 5.26. The zero-order valence-electron chi connectivity index (χ0n) is 12.4. The average molecular weight is 301 g/mol. The Morgan fingerprint density at radius 2 is 1.57 bits per heavy atom. The van der Waals surface area contributed by atoms with E-state index in [1.54, 1.807) is 24.3 Å². The van der Waals surface area contributed by atoms with Crippen LogP contribution in [0.25, 0.3) is 0 Å². The maximum absolute atomic E-state index is 12.9. The number of phenols is 1. The van der Waals surface area contributed by atoms with Gasteiger partial charge in [-0.05, 0) is 47.9 Å². The van der Waals surface area contributed by atoms with Crippen molar-refractivity contribution in [3.05, 3.63) is 89.0 Å². The van der Waals surface area contributed by atoms with Crippen LogP contribution in [0.3, 0.4) is 0 Å². The van der Waals surface area contributed by atoms with Gasteiger partial charge in [0.05, 0.1) is 5.69 Å². The number of benzene rings is 3. The molecule has 0 unspecified atom stereocenters. The Labute approximate surface area is 134 Å². The van der Waals surface area contributed by atoms with Gasteiger partial charge in [-0.2, -0.15) is 0 Å². The van der Waals surface area contributed by atoms with Crippen LogP contribution in [0, 0.1) is 0 Å². The van der Waals surface area contributed by atoms with Crippen molar-refractivity contribution in [2.75, 3.05) is 5.32 Å². The lowest BCUT2D eigenvalue weighted by atomic mass is 9.84. The predicted molar refractivity (Wildman–Crippen MR) is 90.5 cm³/mol. The molecule has 4 rings (SSSR count). The van der Waals surface area contributed by atoms with Gasteiger partial charge in [0.25, 0.3) is 0 Å². The van der Waals surface area contributed by atoms with Gasteiger partial charge in [0.2, 0.25) is 0 Å². The van der Waals surface area contributed by atoms with Gasteiger partial charge < -0.3 is 10.4 Å². The third kappa shape index (κ3) is 2.36. The molecule has 3 aromatic carbocycles. The van der Waals surface area contributed by atoms with Crippen LogP contribution >= 0.6 is 0 Å². The van der Waals surface area contributed by atoms with Crippen LogP contribution in [-0.4, -0.2) is 10.9 Å². The summed E-state index contributed by atoms with van der Waals surface area (Å²) in [5.74, 6) is 0.277. The molecule has 3 heteroatoms. The molecule has 0 saturated heterocycles. The number of ketones is 1. The van der Waals surface area contributed by atoms with Gasteiger partial charge in [0.15, 0.2) is 5.78 Å². The topological polar surface area (TPSA) is 49.3 Å². The number of aromatic hydroxyl groups is 1. The first-order valence-corrected chi connectivity index (χ1v) is 7.53. The fourth-order valence-electron chi connectivity index (χ4n) is 3.06. The van der Waals surface area contributed by atoms with E-state index in [-0.39, 0.29) is 11.5 Å². The van der Waals surface area contributed by atoms with Crippen molar-refractivity contribution in [2.45, 2.75) is 6.42 Å². The Bertz CT molecular complexity index is 898. The summed E-state index contributed by atoms with van der Waals surface area (Å²) in [6, 6.07) is 20.5. The standard InChI is InChI=1S/C20H15NO2/c22-16-10-8-15(9-11-16)21-18-7-3-5-14-12-13-4-1-2-6-17(13)20(23)19(14)18/h1-11,21-22H,12H2. The molecule has 0 saturated carbocycles. The lowest BCUT2D eigenvalue weighted by Crippen LogP contribution is -2.16. The quantitative estimate of drug-likeness (QED) is 0.544. The highest BCUT2D eigenvalue weighted by Crippen LogP contribution is 2.33. The van der Waals surface area contributed by atoms with Crippen molar-refractivity contribution >= 4 is 17.2 Å². The predicted octanol–water partition coefficient (Wildman–Crippen LogP) is 4.27. The van der Waals surface area contributed by atoms with Crippen LogP contribution in [0.4, 0.5) is 11.4 Å². The number of hydrogen-bond acceptors (Lipinski definition) is 3. The summed E-state index contributed by atoms with van der Waals surface area (Å²) in [5, 5.41) is 12.7. The minimum Gasteiger partial charge on any atom is -0.508 e. The average Bonchev–Trinajstić information content (AvgIpc) is 2.57. The molecule has 0 atom stereocenters. The molecule has 3 aromatic rings. The molecule has 0 amide bonds. The molecule has 1 aliphatic rings. The molecule has 0 aromatic heterocycles. The van der Waals surface area contributed by atoms with Crippen molar-refractivity contribution in [1.82, 2.24) is 0 Å². The number of anilines is 2. The summed E-state index contributed by atoms with van der Waals surface area (Å²) < 4.78 is 0. The number of fused-ring (bicyclic) bond motifs is 2.